The molecule has 0 aliphatic rings. The minimum absolute atomic E-state index is 0.0919. The third-order valence-electron chi connectivity index (χ3n) is 4.29. The minimum Gasteiger partial charge on any atom is -0.392 e. The number of hydrogen-bond acceptors (Lipinski definition) is 4. The lowest BCUT2D eigenvalue weighted by Crippen LogP contribution is -1.90. The third-order valence-corrected chi connectivity index (χ3v) is 4.29. The molecule has 2 aromatic heterocycles. The Balaban J connectivity index is 2.10. The van der Waals surface area contributed by atoms with Crippen LogP contribution in [0.4, 0.5) is 5.82 Å². The summed E-state index contributed by atoms with van der Waals surface area (Å²) in [5, 5.41) is 12.4. The van der Waals surface area contributed by atoms with Crippen LogP contribution < -0.4 is 0 Å². The average Bonchev–Trinajstić information content (AvgIpc) is 2.98. The SMILES string of the molecule is CCC(C)c1ccc(-c2nc3ccc(CO)cn3c2N=O)cc1. The van der Waals surface area contributed by atoms with Gasteiger partial charge in [-0.05, 0) is 34.7 Å². The monoisotopic (exact) mass is 309 g/mol. The van der Waals surface area contributed by atoms with Crippen molar-refractivity contribution in [1.29, 1.82) is 0 Å². The number of rotatable bonds is 5. The Bertz CT molecular complexity index is 837. The maximum Gasteiger partial charge on any atom is 0.209 e. The van der Waals surface area contributed by atoms with Crippen molar-refractivity contribution in [2.45, 2.75) is 32.8 Å². The number of imidazole rings is 1. The summed E-state index contributed by atoms with van der Waals surface area (Å²) in [6, 6.07) is 11.7. The molecule has 1 N–H and O–H groups in total. The third kappa shape index (κ3) is 2.75. The van der Waals surface area contributed by atoms with Gasteiger partial charge in [0.25, 0.3) is 0 Å². The summed E-state index contributed by atoms with van der Waals surface area (Å²) in [5.74, 6) is 0.757. The van der Waals surface area contributed by atoms with Gasteiger partial charge in [-0.2, -0.15) is 0 Å². The zero-order chi connectivity index (χ0) is 16.4. The molecule has 0 saturated heterocycles. The Morgan fingerprint density at radius 2 is 1.96 bits per heavy atom. The van der Waals surface area contributed by atoms with Crippen LogP contribution in [0.15, 0.2) is 47.8 Å². The van der Waals surface area contributed by atoms with Gasteiger partial charge in [0.05, 0.1) is 6.61 Å². The smallest absolute Gasteiger partial charge is 0.209 e. The first-order valence-electron chi connectivity index (χ1n) is 7.73. The normalized spacial score (nSPS) is 12.5. The summed E-state index contributed by atoms with van der Waals surface area (Å²) in [5.41, 5.74) is 4.03. The van der Waals surface area contributed by atoms with Crippen molar-refractivity contribution >= 4 is 11.5 Å². The molecule has 0 fully saturated rings. The Labute approximate surface area is 134 Å². The van der Waals surface area contributed by atoms with E-state index in [1.807, 2.05) is 12.1 Å². The molecule has 0 spiro atoms. The fourth-order valence-corrected chi connectivity index (χ4v) is 2.66. The van der Waals surface area contributed by atoms with E-state index in [1.165, 1.54) is 5.56 Å². The van der Waals surface area contributed by atoms with Gasteiger partial charge >= 0.3 is 0 Å². The zero-order valence-corrected chi connectivity index (χ0v) is 13.2. The molecule has 1 atom stereocenters. The number of nitroso groups, excluding NO2 is 1. The highest BCUT2D eigenvalue weighted by Crippen LogP contribution is 2.32. The van der Waals surface area contributed by atoms with Gasteiger partial charge in [0.1, 0.15) is 11.3 Å². The van der Waals surface area contributed by atoms with Crippen LogP contribution in [-0.4, -0.2) is 14.5 Å². The number of aliphatic hydroxyl groups excluding tert-OH is 1. The standard InChI is InChI=1S/C18H19N3O2/c1-3-12(2)14-5-7-15(8-6-14)17-18(20-23)21-10-13(11-22)4-9-16(21)19-17/h4-10,12,22H,3,11H2,1-2H3. The summed E-state index contributed by atoms with van der Waals surface area (Å²) in [7, 11) is 0. The number of aromatic nitrogens is 2. The highest BCUT2D eigenvalue weighted by molar-refractivity contribution is 5.74. The van der Waals surface area contributed by atoms with Gasteiger partial charge in [-0.25, -0.2) is 4.98 Å². The Kier molecular flexibility index (Phi) is 4.21. The number of benzene rings is 1. The lowest BCUT2D eigenvalue weighted by molar-refractivity contribution is 0.281. The fraction of sp³-hybridized carbons (Fsp3) is 0.278. The molecule has 118 valence electrons. The van der Waals surface area contributed by atoms with Gasteiger partial charge < -0.3 is 5.11 Å². The van der Waals surface area contributed by atoms with E-state index in [1.54, 1.807) is 22.7 Å². The molecule has 0 amide bonds. The van der Waals surface area contributed by atoms with E-state index in [9.17, 15) is 10.0 Å². The molecule has 5 nitrogen and oxygen atoms in total. The lowest BCUT2D eigenvalue weighted by atomic mass is 9.97. The predicted molar refractivity (Wildman–Crippen MR) is 90.7 cm³/mol. The largest absolute Gasteiger partial charge is 0.392 e. The van der Waals surface area contributed by atoms with Crippen molar-refractivity contribution < 1.29 is 5.11 Å². The second-order valence-corrected chi connectivity index (χ2v) is 5.73. The van der Waals surface area contributed by atoms with Crippen LogP contribution >= 0.6 is 0 Å². The van der Waals surface area contributed by atoms with Crippen LogP contribution in [0, 0.1) is 4.91 Å². The molecule has 3 rings (SSSR count). The molecule has 23 heavy (non-hydrogen) atoms. The van der Waals surface area contributed by atoms with Crippen molar-refractivity contribution in [2.24, 2.45) is 5.18 Å². The van der Waals surface area contributed by atoms with Gasteiger partial charge in [0.15, 0.2) is 0 Å². The van der Waals surface area contributed by atoms with E-state index in [-0.39, 0.29) is 12.4 Å². The summed E-state index contributed by atoms with van der Waals surface area (Å²) in [4.78, 5) is 15.8. The molecule has 0 bridgehead atoms. The Morgan fingerprint density at radius 1 is 1.22 bits per heavy atom. The van der Waals surface area contributed by atoms with Crippen LogP contribution in [0.2, 0.25) is 0 Å². The van der Waals surface area contributed by atoms with E-state index < -0.39 is 0 Å². The fourth-order valence-electron chi connectivity index (χ4n) is 2.66. The molecule has 1 aromatic carbocycles. The number of aliphatic hydroxyl groups is 1. The second kappa shape index (κ2) is 6.30. The Morgan fingerprint density at radius 3 is 2.57 bits per heavy atom. The molecule has 5 heteroatoms. The highest BCUT2D eigenvalue weighted by Gasteiger charge is 2.15. The quantitative estimate of drug-likeness (QED) is 0.710. The lowest BCUT2D eigenvalue weighted by Gasteiger charge is -2.09. The van der Waals surface area contributed by atoms with Crippen LogP contribution in [0.5, 0.6) is 0 Å². The van der Waals surface area contributed by atoms with E-state index in [4.69, 9.17) is 0 Å². The highest BCUT2D eigenvalue weighted by atomic mass is 16.3. The Hall–Kier alpha value is -2.53. The first kappa shape index (κ1) is 15.4. The molecule has 1 unspecified atom stereocenters. The molecule has 0 aliphatic heterocycles. The zero-order valence-electron chi connectivity index (χ0n) is 13.2. The van der Waals surface area contributed by atoms with Gasteiger partial charge in [-0.3, -0.25) is 4.40 Å². The first-order chi connectivity index (χ1) is 11.2. The van der Waals surface area contributed by atoms with Gasteiger partial charge in [0, 0.05) is 11.8 Å². The number of pyridine rings is 1. The molecule has 0 aliphatic carbocycles. The average molecular weight is 309 g/mol. The van der Waals surface area contributed by atoms with E-state index in [2.05, 4.69) is 36.1 Å². The van der Waals surface area contributed by atoms with Gasteiger partial charge in [-0.15, -0.1) is 4.91 Å². The number of nitrogens with zero attached hydrogens (tertiary/aromatic N) is 3. The summed E-state index contributed by atoms with van der Waals surface area (Å²) in [6.07, 6.45) is 2.77. The van der Waals surface area contributed by atoms with Crippen LogP contribution in [0.25, 0.3) is 16.9 Å². The number of fused-ring (bicyclic) bond motifs is 1. The molecule has 0 radical (unpaired) electrons. The molecular weight excluding hydrogens is 290 g/mol. The van der Waals surface area contributed by atoms with Gasteiger partial charge in [0.2, 0.25) is 5.82 Å². The molecule has 0 saturated carbocycles. The minimum atomic E-state index is -0.0919. The number of hydrogen-bond donors (Lipinski definition) is 1. The summed E-state index contributed by atoms with van der Waals surface area (Å²) < 4.78 is 1.62. The van der Waals surface area contributed by atoms with Gasteiger partial charge in [-0.1, -0.05) is 44.2 Å². The first-order valence-corrected chi connectivity index (χ1v) is 7.73. The van der Waals surface area contributed by atoms with Crippen molar-refractivity contribution in [3.63, 3.8) is 0 Å². The van der Waals surface area contributed by atoms with E-state index in [0.717, 1.165) is 12.0 Å². The van der Waals surface area contributed by atoms with Crippen molar-refractivity contribution in [3.8, 4) is 11.3 Å². The maximum absolute atomic E-state index is 11.3. The molecule has 3 aromatic rings. The summed E-state index contributed by atoms with van der Waals surface area (Å²) >= 11 is 0. The maximum atomic E-state index is 11.3. The van der Waals surface area contributed by atoms with Crippen LogP contribution in [-0.2, 0) is 6.61 Å². The van der Waals surface area contributed by atoms with Crippen molar-refractivity contribution in [1.82, 2.24) is 9.38 Å². The van der Waals surface area contributed by atoms with Crippen molar-refractivity contribution in [3.05, 3.63) is 58.6 Å². The van der Waals surface area contributed by atoms with Crippen LogP contribution in [0.1, 0.15) is 37.3 Å². The van der Waals surface area contributed by atoms with E-state index in [0.29, 0.717) is 22.8 Å². The topological polar surface area (TPSA) is 67.0 Å². The van der Waals surface area contributed by atoms with E-state index >= 15 is 0 Å². The second-order valence-electron chi connectivity index (χ2n) is 5.73. The van der Waals surface area contributed by atoms with Crippen molar-refractivity contribution in [2.75, 3.05) is 0 Å². The summed E-state index contributed by atoms with van der Waals surface area (Å²) in [6.45, 7) is 4.26. The molecule has 2 heterocycles. The predicted octanol–water partition coefficient (Wildman–Crippen LogP) is 4.41. The van der Waals surface area contributed by atoms with Crippen LogP contribution in [0.3, 0.4) is 0 Å². The molecular formula is C18H19N3O2.